The highest BCUT2D eigenvalue weighted by atomic mass is 32.2. The van der Waals surface area contributed by atoms with E-state index in [0.717, 1.165) is 17.5 Å². The van der Waals surface area contributed by atoms with Crippen molar-refractivity contribution in [3.05, 3.63) is 66.2 Å². The highest BCUT2D eigenvalue weighted by molar-refractivity contribution is 7.92. The van der Waals surface area contributed by atoms with Crippen LogP contribution in [0, 0.1) is 0 Å². The van der Waals surface area contributed by atoms with Crippen LogP contribution in [-0.2, 0) is 21.4 Å². The number of hydrogen-bond donors (Lipinski definition) is 3. The molecule has 0 unspecified atom stereocenters. The molecule has 3 N–H and O–H groups in total. The first-order chi connectivity index (χ1) is 14.2. The summed E-state index contributed by atoms with van der Waals surface area (Å²) < 4.78 is 27.2. The maximum Gasteiger partial charge on any atom is 0.253 e. The maximum atomic E-state index is 12.7. The van der Waals surface area contributed by atoms with Crippen molar-refractivity contribution in [1.29, 1.82) is 0 Å². The van der Waals surface area contributed by atoms with Gasteiger partial charge in [0.2, 0.25) is 15.9 Å². The fraction of sp³-hybridized carbons (Fsp3) is 0.158. The standard InChI is InChI=1S/C19H20N6O4S/c1-13(26)23-15-5-8-18(24-30(2,28)29)17(9-15)19(27)21-10-14-3-6-16(7-4-14)25-12-20-11-22-25/h3-9,11-12,24H,10H2,1-2H3,(H,21,27)(H,23,26). The molecule has 10 nitrogen and oxygen atoms in total. The van der Waals surface area contributed by atoms with Gasteiger partial charge in [0, 0.05) is 19.2 Å². The van der Waals surface area contributed by atoms with Crippen molar-refractivity contribution in [1.82, 2.24) is 20.1 Å². The van der Waals surface area contributed by atoms with E-state index in [2.05, 4.69) is 25.4 Å². The number of amides is 2. The first-order valence-corrected chi connectivity index (χ1v) is 10.7. The molecule has 0 aliphatic heterocycles. The maximum absolute atomic E-state index is 12.7. The Morgan fingerprint density at radius 2 is 1.83 bits per heavy atom. The molecule has 0 radical (unpaired) electrons. The van der Waals surface area contributed by atoms with E-state index in [1.54, 1.807) is 11.0 Å². The number of aromatic nitrogens is 3. The summed E-state index contributed by atoms with van der Waals surface area (Å²) in [6.07, 6.45) is 4.01. The zero-order valence-electron chi connectivity index (χ0n) is 16.3. The number of anilines is 2. The number of carbonyl (C=O) groups excluding carboxylic acids is 2. The highest BCUT2D eigenvalue weighted by Gasteiger charge is 2.15. The molecule has 0 aliphatic carbocycles. The van der Waals surface area contributed by atoms with Crippen LogP contribution in [0.4, 0.5) is 11.4 Å². The second kappa shape index (κ2) is 8.74. The zero-order valence-corrected chi connectivity index (χ0v) is 17.1. The lowest BCUT2D eigenvalue weighted by Gasteiger charge is -2.13. The van der Waals surface area contributed by atoms with Gasteiger partial charge in [-0.15, -0.1) is 0 Å². The Kier molecular flexibility index (Phi) is 6.11. The topological polar surface area (TPSA) is 135 Å². The van der Waals surface area contributed by atoms with Gasteiger partial charge in [-0.25, -0.2) is 18.1 Å². The lowest BCUT2D eigenvalue weighted by atomic mass is 10.1. The molecule has 2 aromatic carbocycles. The van der Waals surface area contributed by atoms with Gasteiger partial charge in [-0.05, 0) is 35.9 Å². The Hall–Kier alpha value is -3.73. The predicted molar refractivity (Wildman–Crippen MR) is 112 cm³/mol. The quantitative estimate of drug-likeness (QED) is 0.522. The number of hydrogen-bond acceptors (Lipinski definition) is 6. The summed E-state index contributed by atoms with van der Waals surface area (Å²) in [7, 11) is -3.59. The molecular formula is C19H20N6O4S. The van der Waals surface area contributed by atoms with Gasteiger partial charge in [0.25, 0.3) is 5.91 Å². The van der Waals surface area contributed by atoms with Gasteiger partial charge in [-0.3, -0.25) is 14.3 Å². The summed E-state index contributed by atoms with van der Waals surface area (Å²) in [6, 6.07) is 11.7. The van der Waals surface area contributed by atoms with Crippen LogP contribution in [0.5, 0.6) is 0 Å². The van der Waals surface area contributed by atoms with Gasteiger partial charge in [0.15, 0.2) is 0 Å². The van der Waals surface area contributed by atoms with Gasteiger partial charge < -0.3 is 10.6 Å². The van der Waals surface area contributed by atoms with E-state index >= 15 is 0 Å². The Bertz CT molecular complexity index is 1160. The molecule has 0 bridgehead atoms. The zero-order chi connectivity index (χ0) is 21.7. The fourth-order valence-corrected chi connectivity index (χ4v) is 3.26. The predicted octanol–water partition coefficient (Wildman–Crippen LogP) is 1.53. The second-order valence-electron chi connectivity index (χ2n) is 6.50. The number of sulfonamides is 1. The molecule has 0 fully saturated rings. The van der Waals surface area contributed by atoms with Crippen LogP contribution >= 0.6 is 0 Å². The summed E-state index contributed by atoms with van der Waals surface area (Å²) >= 11 is 0. The normalized spacial score (nSPS) is 11.0. The third-order valence-corrected chi connectivity index (χ3v) is 4.54. The Labute approximate surface area is 173 Å². The van der Waals surface area contributed by atoms with Crippen LogP contribution in [0.15, 0.2) is 55.1 Å². The van der Waals surface area contributed by atoms with E-state index < -0.39 is 15.9 Å². The van der Waals surface area contributed by atoms with Crippen LogP contribution in [0.25, 0.3) is 5.69 Å². The van der Waals surface area contributed by atoms with Crippen molar-refractivity contribution in [2.45, 2.75) is 13.5 Å². The molecule has 156 valence electrons. The van der Waals surface area contributed by atoms with Crippen LogP contribution in [-0.4, -0.2) is 41.3 Å². The lowest BCUT2D eigenvalue weighted by molar-refractivity contribution is -0.114. The number of nitrogens with one attached hydrogen (secondary N) is 3. The van der Waals surface area contributed by atoms with Crippen LogP contribution in [0.1, 0.15) is 22.8 Å². The minimum Gasteiger partial charge on any atom is -0.348 e. The first kappa shape index (κ1) is 21.0. The summed E-state index contributed by atoms with van der Waals surface area (Å²) in [4.78, 5) is 27.9. The van der Waals surface area contributed by atoms with Crippen LogP contribution in [0.2, 0.25) is 0 Å². The molecule has 1 heterocycles. The lowest BCUT2D eigenvalue weighted by Crippen LogP contribution is -2.25. The Morgan fingerprint density at radius 1 is 1.10 bits per heavy atom. The van der Waals surface area contributed by atoms with Gasteiger partial charge in [0.05, 0.1) is 23.2 Å². The van der Waals surface area contributed by atoms with E-state index in [-0.39, 0.29) is 23.7 Å². The van der Waals surface area contributed by atoms with Crippen LogP contribution in [0.3, 0.4) is 0 Å². The molecule has 0 atom stereocenters. The van der Waals surface area contributed by atoms with Crippen molar-refractivity contribution in [2.24, 2.45) is 0 Å². The molecule has 2 amide bonds. The number of nitrogens with zero attached hydrogens (tertiary/aromatic N) is 3. The molecule has 1 aromatic heterocycles. The van der Waals surface area contributed by atoms with E-state index in [4.69, 9.17) is 0 Å². The molecule has 0 aliphatic rings. The van der Waals surface area contributed by atoms with Crippen molar-refractivity contribution in [2.75, 3.05) is 16.3 Å². The second-order valence-corrected chi connectivity index (χ2v) is 8.25. The largest absolute Gasteiger partial charge is 0.348 e. The summed E-state index contributed by atoms with van der Waals surface area (Å²) in [5, 5.41) is 9.38. The number of benzene rings is 2. The molecule has 3 rings (SSSR count). The summed E-state index contributed by atoms with van der Waals surface area (Å²) in [6.45, 7) is 1.56. The molecule has 3 aromatic rings. The van der Waals surface area contributed by atoms with Crippen molar-refractivity contribution in [3.8, 4) is 5.69 Å². The van der Waals surface area contributed by atoms with E-state index in [9.17, 15) is 18.0 Å². The minimum atomic E-state index is -3.59. The van der Waals surface area contributed by atoms with Crippen LogP contribution < -0.4 is 15.4 Å². The molecule has 0 spiro atoms. The van der Waals surface area contributed by atoms with Crippen molar-refractivity contribution < 1.29 is 18.0 Å². The van der Waals surface area contributed by atoms with Gasteiger partial charge in [-0.1, -0.05) is 12.1 Å². The van der Waals surface area contributed by atoms with Gasteiger partial charge in [0.1, 0.15) is 12.7 Å². The fourth-order valence-electron chi connectivity index (χ4n) is 2.69. The van der Waals surface area contributed by atoms with E-state index in [0.29, 0.717) is 5.69 Å². The Morgan fingerprint density at radius 3 is 2.43 bits per heavy atom. The van der Waals surface area contributed by atoms with Crippen molar-refractivity contribution in [3.63, 3.8) is 0 Å². The van der Waals surface area contributed by atoms with Crippen molar-refractivity contribution >= 4 is 33.2 Å². The molecule has 11 heteroatoms. The summed E-state index contributed by atoms with van der Waals surface area (Å²) in [5.41, 5.74) is 2.24. The SMILES string of the molecule is CC(=O)Nc1ccc(NS(C)(=O)=O)c(C(=O)NCc2ccc(-n3cncn3)cc2)c1. The summed E-state index contributed by atoms with van der Waals surface area (Å²) in [5.74, 6) is -0.800. The molecule has 30 heavy (non-hydrogen) atoms. The molecule has 0 saturated carbocycles. The highest BCUT2D eigenvalue weighted by Crippen LogP contribution is 2.22. The smallest absolute Gasteiger partial charge is 0.253 e. The molecule has 0 saturated heterocycles. The third kappa shape index (κ3) is 5.64. The van der Waals surface area contributed by atoms with E-state index in [1.165, 1.54) is 31.5 Å². The Balaban J connectivity index is 1.76. The number of rotatable bonds is 7. The van der Waals surface area contributed by atoms with Gasteiger partial charge in [-0.2, -0.15) is 5.10 Å². The number of carbonyl (C=O) groups is 2. The first-order valence-electron chi connectivity index (χ1n) is 8.83. The monoisotopic (exact) mass is 428 g/mol. The minimum absolute atomic E-state index is 0.0888. The van der Waals surface area contributed by atoms with E-state index in [1.807, 2.05) is 24.3 Å². The third-order valence-electron chi connectivity index (χ3n) is 3.95. The molecular weight excluding hydrogens is 408 g/mol. The average molecular weight is 428 g/mol. The van der Waals surface area contributed by atoms with Gasteiger partial charge >= 0.3 is 0 Å². The average Bonchev–Trinajstić information content (AvgIpc) is 3.21.